The molecule has 1 saturated carbocycles. The molecule has 1 rings (SSSR count). The molecule has 0 amide bonds. The summed E-state index contributed by atoms with van der Waals surface area (Å²) < 4.78 is 0. The van der Waals surface area contributed by atoms with E-state index in [1.165, 1.54) is 0 Å². The van der Waals surface area contributed by atoms with Crippen LogP contribution >= 0.6 is 0 Å². The zero-order valence-electron chi connectivity index (χ0n) is 8.82. The fraction of sp³-hybridized carbons (Fsp3) is 0.818. The second kappa shape index (κ2) is 4.58. The second-order valence-corrected chi connectivity index (χ2v) is 4.39. The van der Waals surface area contributed by atoms with Crippen LogP contribution in [0.5, 0.6) is 0 Å². The van der Waals surface area contributed by atoms with Crippen LogP contribution in [0.3, 0.4) is 0 Å². The lowest BCUT2D eigenvalue weighted by molar-refractivity contribution is -0.149. The molecule has 0 radical (unpaired) electrons. The molecule has 3 nitrogen and oxygen atoms in total. The highest BCUT2D eigenvalue weighted by molar-refractivity contribution is 5.87. The second-order valence-electron chi connectivity index (χ2n) is 4.39. The van der Waals surface area contributed by atoms with Crippen LogP contribution in [0.15, 0.2) is 0 Å². The molecule has 1 aliphatic carbocycles. The van der Waals surface area contributed by atoms with Crippen molar-refractivity contribution in [3.05, 3.63) is 0 Å². The Morgan fingerprint density at radius 3 is 2.07 bits per heavy atom. The van der Waals surface area contributed by atoms with Crippen molar-refractivity contribution < 1.29 is 14.7 Å². The maximum absolute atomic E-state index is 11.7. The third-order valence-electron chi connectivity index (χ3n) is 3.02. The van der Waals surface area contributed by atoms with Crippen LogP contribution < -0.4 is 0 Å². The Hall–Kier alpha value is -0.860. The molecule has 2 atom stereocenters. The van der Waals surface area contributed by atoms with E-state index < -0.39 is 11.9 Å². The van der Waals surface area contributed by atoms with Crippen LogP contribution in [-0.2, 0) is 9.59 Å². The van der Waals surface area contributed by atoms with Gasteiger partial charge in [0.25, 0.3) is 0 Å². The first kappa shape index (κ1) is 11.2. The summed E-state index contributed by atoms with van der Waals surface area (Å²) in [5.74, 6) is -1.39. The lowest BCUT2D eigenvalue weighted by Gasteiger charge is -2.28. The predicted octanol–water partition coefficient (Wildman–Crippen LogP) is 2.10. The molecule has 0 aromatic heterocycles. The number of Topliss-reactive ketones (excluding diaryl/α,β-unsaturated/α-hetero) is 1. The van der Waals surface area contributed by atoms with Gasteiger partial charge in [0, 0.05) is 11.8 Å². The van der Waals surface area contributed by atoms with Crippen molar-refractivity contribution in [2.75, 3.05) is 0 Å². The lowest BCUT2D eigenvalue weighted by Crippen LogP contribution is -2.34. The first-order chi connectivity index (χ1) is 6.54. The van der Waals surface area contributed by atoms with Crippen LogP contribution in [0, 0.1) is 17.8 Å². The van der Waals surface area contributed by atoms with Gasteiger partial charge >= 0.3 is 5.97 Å². The maximum Gasteiger partial charge on any atom is 0.307 e. The third-order valence-corrected chi connectivity index (χ3v) is 3.02. The molecule has 1 aliphatic rings. The average molecular weight is 198 g/mol. The van der Waals surface area contributed by atoms with E-state index in [0.717, 1.165) is 19.3 Å². The van der Waals surface area contributed by atoms with Crippen molar-refractivity contribution in [3.8, 4) is 0 Å². The quantitative estimate of drug-likeness (QED) is 0.755. The minimum absolute atomic E-state index is 0.0417. The molecule has 0 aromatic carbocycles. The zero-order valence-corrected chi connectivity index (χ0v) is 8.82. The minimum atomic E-state index is -0.802. The third kappa shape index (κ3) is 2.34. The number of hydrogen-bond donors (Lipinski definition) is 1. The average Bonchev–Trinajstić information content (AvgIpc) is 2.16. The van der Waals surface area contributed by atoms with Crippen molar-refractivity contribution in [1.82, 2.24) is 0 Å². The van der Waals surface area contributed by atoms with Gasteiger partial charge in [0.2, 0.25) is 0 Å². The number of carboxylic acids is 1. The topological polar surface area (TPSA) is 54.4 Å². The van der Waals surface area contributed by atoms with Crippen molar-refractivity contribution in [1.29, 1.82) is 0 Å². The molecule has 0 spiro atoms. The highest BCUT2D eigenvalue weighted by Crippen LogP contribution is 2.32. The summed E-state index contributed by atoms with van der Waals surface area (Å²) >= 11 is 0. The minimum Gasteiger partial charge on any atom is -0.481 e. The lowest BCUT2D eigenvalue weighted by atomic mass is 9.74. The summed E-state index contributed by atoms with van der Waals surface area (Å²) in [6, 6.07) is 0. The maximum atomic E-state index is 11.7. The molecule has 1 fully saturated rings. The number of carboxylic acid groups (broad SMARTS) is 1. The molecular formula is C11H18O3. The van der Waals surface area contributed by atoms with Gasteiger partial charge in [0.05, 0.1) is 5.92 Å². The normalized spacial score (nSPS) is 27.6. The van der Waals surface area contributed by atoms with Gasteiger partial charge in [-0.3, -0.25) is 9.59 Å². The molecule has 0 aromatic rings. The molecule has 0 unspecified atom stereocenters. The van der Waals surface area contributed by atoms with E-state index in [4.69, 9.17) is 5.11 Å². The van der Waals surface area contributed by atoms with Gasteiger partial charge in [0.15, 0.2) is 0 Å². The van der Waals surface area contributed by atoms with Crippen molar-refractivity contribution in [2.45, 2.75) is 39.5 Å². The highest BCUT2D eigenvalue weighted by Gasteiger charge is 2.36. The summed E-state index contributed by atoms with van der Waals surface area (Å²) in [6.07, 6.45) is 3.36. The Labute approximate surface area is 84.5 Å². The molecular weight excluding hydrogens is 180 g/mol. The zero-order chi connectivity index (χ0) is 10.7. The summed E-state index contributed by atoms with van der Waals surface area (Å²) in [7, 11) is 0. The first-order valence-corrected chi connectivity index (χ1v) is 5.30. The molecule has 0 saturated heterocycles. The summed E-state index contributed by atoms with van der Waals surface area (Å²) in [5, 5.41) is 8.99. The number of aliphatic carboxylic acids is 1. The van der Waals surface area contributed by atoms with Crippen LogP contribution in [-0.4, -0.2) is 16.9 Å². The number of carbonyl (C=O) groups excluding carboxylic acids is 1. The number of hydrogen-bond acceptors (Lipinski definition) is 2. The van der Waals surface area contributed by atoms with Gasteiger partial charge in [-0.1, -0.05) is 26.7 Å². The van der Waals surface area contributed by atoms with Crippen LogP contribution in [0.25, 0.3) is 0 Å². The first-order valence-electron chi connectivity index (χ1n) is 5.30. The van der Waals surface area contributed by atoms with Crippen LogP contribution in [0.2, 0.25) is 0 Å². The fourth-order valence-electron chi connectivity index (χ4n) is 2.20. The Balaban J connectivity index is 2.72. The summed E-state index contributed by atoms with van der Waals surface area (Å²) in [5.41, 5.74) is 0. The molecule has 14 heavy (non-hydrogen) atoms. The SMILES string of the molecule is CC(C)C(=O)[C@@H]1CCCC[C@H]1C(=O)O. The number of rotatable bonds is 3. The number of ketones is 1. The summed E-state index contributed by atoms with van der Waals surface area (Å²) in [6.45, 7) is 3.69. The van der Waals surface area contributed by atoms with Crippen molar-refractivity contribution >= 4 is 11.8 Å². The van der Waals surface area contributed by atoms with Crippen molar-refractivity contribution in [3.63, 3.8) is 0 Å². The van der Waals surface area contributed by atoms with Gasteiger partial charge in [-0.25, -0.2) is 0 Å². The van der Waals surface area contributed by atoms with E-state index in [-0.39, 0.29) is 17.6 Å². The molecule has 0 bridgehead atoms. The van der Waals surface area contributed by atoms with Gasteiger partial charge in [0.1, 0.15) is 5.78 Å². The Morgan fingerprint density at radius 1 is 1.14 bits per heavy atom. The van der Waals surface area contributed by atoms with E-state index in [1.54, 1.807) is 0 Å². The van der Waals surface area contributed by atoms with Gasteiger partial charge in [-0.2, -0.15) is 0 Å². The van der Waals surface area contributed by atoms with Gasteiger partial charge in [-0.15, -0.1) is 0 Å². The Bertz CT molecular complexity index is 233. The van der Waals surface area contributed by atoms with Crippen LogP contribution in [0.4, 0.5) is 0 Å². The van der Waals surface area contributed by atoms with E-state index in [2.05, 4.69) is 0 Å². The van der Waals surface area contributed by atoms with E-state index in [1.807, 2.05) is 13.8 Å². The van der Waals surface area contributed by atoms with Gasteiger partial charge in [-0.05, 0) is 12.8 Å². The largest absolute Gasteiger partial charge is 0.481 e. The smallest absolute Gasteiger partial charge is 0.307 e. The fourth-order valence-corrected chi connectivity index (χ4v) is 2.20. The predicted molar refractivity (Wildman–Crippen MR) is 52.9 cm³/mol. The van der Waals surface area contributed by atoms with E-state index in [9.17, 15) is 9.59 Å². The Morgan fingerprint density at radius 2 is 1.64 bits per heavy atom. The molecule has 80 valence electrons. The van der Waals surface area contributed by atoms with Crippen molar-refractivity contribution in [2.24, 2.45) is 17.8 Å². The standard InChI is InChI=1S/C11H18O3/c1-7(2)10(12)8-5-3-4-6-9(8)11(13)14/h7-9H,3-6H2,1-2H3,(H,13,14)/t8-,9-/m1/s1. The molecule has 3 heteroatoms. The Kier molecular flexibility index (Phi) is 3.67. The molecule has 0 aliphatic heterocycles. The molecule has 0 heterocycles. The van der Waals surface area contributed by atoms with Gasteiger partial charge < -0.3 is 5.11 Å². The monoisotopic (exact) mass is 198 g/mol. The summed E-state index contributed by atoms with van der Waals surface area (Å²) in [4.78, 5) is 22.7. The van der Waals surface area contributed by atoms with E-state index in [0.29, 0.717) is 6.42 Å². The van der Waals surface area contributed by atoms with Crippen LogP contribution in [0.1, 0.15) is 39.5 Å². The van der Waals surface area contributed by atoms with E-state index >= 15 is 0 Å². The number of carbonyl (C=O) groups is 2. The highest BCUT2D eigenvalue weighted by atomic mass is 16.4. The molecule has 1 N–H and O–H groups in total.